The van der Waals surface area contributed by atoms with Gasteiger partial charge in [-0.3, -0.25) is 4.90 Å². The molecule has 0 saturated carbocycles. The van der Waals surface area contributed by atoms with Gasteiger partial charge in [0.2, 0.25) is 0 Å². The van der Waals surface area contributed by atoms with Crippen LogP contribution in [0.3, 0.4) is 0 Å². The lowest BCUT2D eigenvalue weighted by atomic mass is 10.0. The summed E-state index contributed by atoms with van der Waals surface area (Å²) >= 11 is 0. The molecule has 0 bridgehead atoms. The highest BCUT2D eigenvalue weighted by molar-refractivity contribution is 6.01. The molecule has 2 aromatic carbocycles. The summed E-state index contributed by atoms with van der Waals surface area (Å²) in [7, 11) is 1.63. The zero-order valence-corrected chi connectivity index (χ0v) is 11.4. The molecule has 0 N–H and O–H groups in total. The number of fused-ring (bicyclic) bond motifs is 1. The molecule has 4 nitrogen and oxygen atoms in total. The van der Waals surface area contributed by atoms with Gasteiger partial charge in [0.15, 0.2) is 0 Å². The Kier molecular flexibility index (Phi) is 3.17. The first kappa shape index (κ1) is 12.9. The van der Waals surface area contributed by atoms with Gasteiger partial charge in [-0.2, -0.15) is 5.26 Å². The summed E-state index contributed by atoms with van der Waals surface area (Å²) in [5.74, 6) is 0.490. The van der Waals surface area contributed by atoms with Crippen LogP contribution in [0.25, 0.3) is 11.8 Å². The molecule has 1 aliphatic rings. The van der Waals surface area contributed by atoms with Crippen molar-refractivity contribution in [2.45, 2.75) is 0 Å². The molecule has 0 radical (unpaired) electrons. The third kappa shape index (κ3) is 2.37. The van der Waals surface area contributed by atoms with Crippen molar-refractivity contribution in [1.82, 2.24) is 0 Å². The molecule has 1 heterocycles. The molecule has 21 heavy (non-hydrogen) atoms. The van der Waals surface area contributed by atoms with Crippen LogP contribution in [0.15, 0.2) is 48.5 Å². The summed E-state index contributed by atoms with van der Waals surface area (Å²) in [5.41, 5.74) is 2.92. The number of hydrogen-bond donors (Lipinski definition) is 0. The first-order chi connectivity index (χ1) is 10.2. The molecule has 0 unspecified atom stereocenters. The van der Waals surface area contributed by atoms with E-state index in [1.807, 2.05) is 36.4 Å². The topological polar surface area (TPSA) is 53.3 Å². The van der Waals surface area contributed by atoms with Gasteiger partial charge < -0.3 is 4.74 Å². The fraction of sp³-hybridized carbons (Fsp3) is 0.0588. The van der Waals surface area contributed by atoms with Gasteiger partial charge in [-0.15, -0.1) is 0 Å². The van der Waals surface area contributed by atoms with E-state index >= 15 is 0 Å². The lowest BCUT2D eigenvalue weighted by Gasteiger charge is -2.27. The van der Waals surface area contributed by atoms with Gasteiger partial charge in [0.1, 0.15) is 5.76 Å². The molecule has 1 amide bonds. The van der Waals surface area contributed by atoms with Gasteiger partial charge >= 0.3 is 6.09 Å². The quantitative estimate of drug-likeness (QED) is 0.799. The minimum atomic E-state index is -0.459. The van der Waals surface area contributed by atoms with Gasteiger partial charge in [-0.1, -0.05) is 30.3 Å². The van der Waals surface area contributed by atoms with Crippen molar-refractivity contribution in [3.63, 3.8) is 0 Å². The maximum Gasteiger partial charge on any atom is 0.419 e. The second-order valence-electron chi connectivity index (χ2n) is 4.69. The van der Waals surface area contributed by atoms with Crippen molar-refractivity contribution in [2.75, 3.05) is 11.9 Å². The van der Waals surface area contributed by atoms with E-state index in [0.29, 0.717) is 17.0 Å². The number of amides is 1. The Hall–Kier alpha value is -3.06. The molecular formula is C17H12N2O2. The van der Waals surface area contributed by atoms with E-state index in [4.69, 9.17) is 10.00 Å². The Labute approximate surface area is 122 Å². The second-order valence-corrected chi connectivity index (χ2v) is 4.69. The molecule has 4 heteroatoms. The second kappa shape index (κ2) is 5.14. The number of carbonyl (C=O) groups is 1. The molecule has 0 fully saturated rings. The number of anilines is 1. The molecule has 2 aromatic rings. The first-order valence-corrected chi connectivity index (χ1v) is 6.46. The van der Waals surface area contributed by atoms with Crippen LogP contribution in [-0.4, -0.2) is 13.1 Å². The minimum Gasteiger partial charge on any atom is -0.409 e. The summed E-state index contributed by atoms with van der Waals surface area (Å²) < 4.78 is 5.37. The molecule has 1 aliphatic heterocycles. The SMILES string of the molecule is CN1C(=O)O/C(=C\c2ccccc2)c2ccc(C#N)cc21. The number of ether oxygens (including phenoxy) is 1. The highest BCUT2D eigenvalue weighted by Gasteiger charge is 2.26. The van der Waals surface area contributed by atoms with E-state index in [1.54, 1.807) is 25.2 Å². The average Bonchev–Trinajstić information content (AvgIpc) is 2.53. The summed E-state index contributed by atoms with van der Waals surface area (Å²) in [5, 5.41) is 8.99. The smallest absolute Gasteiger partial charge is 0.409 e. The molecule has 102 valence electrons. The largest absolute Gasteiger partial charge is 0.419 e. The Morgan fingerprint density at radius 3 is 2.67 bits per heavy atom. The zero-order valence-electron chi connectivity index (χ0n) is 11.4. The number of benzene rings is 2. The van der Waals surface area contributed by atoms with Crippen molar-refractivity contribution in [3.8, 4) is 6.07 Å². The monoisotopic (exact) mass is 276 g/mol. The third-order valence-corrected chi connectivity index (χ3v) is 3.32. The number of nitrogens with zero attached hydrogens (tertiary/aromatic N) is 2. The Balaban J connectivity index is 2.14. The third-order valence-electron chi connectivity index (χ3n) is 3.32. The van der Waals surface area contributed by atoms with Crippen molar-refractivity contribution in [2.24, 2.45) is 0 Å². The van der Waals surface area contributed by atoms with Crippen LogP contribution in [0.2, 0.25) is 0 Å². The molecule has 0 atom stereocenters. The Morgan fingerprint density at radius 2 is 1.95 bits per heavy atom. The number of cyclic esters (lactones) is 1. The van der Waals surface area contributed by atoms with E-state index in [9.17, 15) is 4.79 Å². The van der Waals surface area contributed by atoms with Crippen LogP contribution in [-0.2, 0) is 4.74 Å². The molecule has 0 aromatic heterocycles. The van der Waals surface area contributed by atoms with Crippen LogP contribution < -0.4 is 4.90 Å². The Bertz CT molecular complexity index is 773. The van der Waals surface area contributed by atoms with Crippen molar-refractivity contribution in [1.29, 1.82) is 5.26 Å². The fourth-order valence-corrected chi connectivity index (χ4v) is 2.21. The minimum absolute atomic E-state index is 0.459. The number of rotatable bonds is 1. The van der Waals surface area contributed by atoms with Crippen molar-refractivity contribution >= 4 is 23.6 Å². The average molecular weight is 276 g/mol. The van der Waals surface area contributed by atoms with Gasteiger partial charge in [0.25, 0.3) is 0 Å². The predicted octanol–water partition coefficient (Wildman–Crippen LogP) is 3.64. The molecule has 0 spiro atoms. The van der Waals surface area contributed by atoms with Crippen molar-refractivity contribution in [3.05, 3.63) is 65.2 Å². The number of hydrogen-bond acceptors (Lipinski definition) is 3. The standard InChI is InChI=1S/C17H12N2O2/c1-19-15-9-13(11-18)7-8-14(15)16(21-17(19)20)10-12-5-3-2-4-6-12/h2-10H,1H3/b16-10-. The molecular weight excluding hydrogens is 264 g/mol. The molecule has 0 aliphatic carbocycles. The maximum absolute atomic E-state index is 11.9. The van der Waals surface area contributed by atoms with Crippen LogP contribution in [0.5, 0.6) is 0 Å². The van der Waals surface area contributed by atoms with E-state index in [2.05, 4.69) is 6.07 Å². The van der Waals surface area contributed by atoms with Gasteiger partial charge in [-0.05, 0) is 29.8 Å². The highest BCUT2D eigenvalue weighted by Crippen LogP contribution is 2.34. The molecule has 3 rings (SSSR count). The number of nitriles is 1. The van der Waals surface area contributed by atoms with Gasteiger partial charge in [0.05, 0.1) is 17.3 Å². The lowest BCUT2D eigenvalue weighted by Crippen LogP contribution is -2.31. The fourth-order valence-electron chi connectivity index (χ4n) is 2.21. The summed E-state index contributed by atoms with van der Waals surface area (Å²) in [4.78, 5) is 13.3. The normalized spacial score (nSPS) is 15.3. The summed E-state index contributed by atoms with van der Waals surface area (Å²) in [6, 6.07) is 16.9. The summed E-state index contributed by atoms with van der Waals surface area (Å²) in [6.07, 6.45) is 1.36. The van der Waals surface area contributed by atoms with E-state index in [-0.39, 0.29) is 0 Å². The van der Waals surface area contributed by atoms with E-state index in [0.717, 1.165) is 11.1 Å². The zero-order chi connectivity index (χ0) is 14.8. The van der Waals surface area contributed by atoms with Crippen molar-refractivity contribution < 1.29 is 9.53 Å². The van der Waals surface area contributed by atoms with E-state index < -0.39 is 6.09 Å². The van der Waals surface area contributed by atoms with Crippen LogP contribution >= 0.6 is 0 Å². The Morgan fingerprint density at radius 1 is 1.19 bits per heavy atom. The summed E-state index contributed by atoms with van der Waals surface area (Å²) in [6.45, 7) is 0. The first-order valence-electron chi connectivity index (χ1n) is 6.46. The number of carbonyl (C=O) groups excluding carboxylic acids is 1. The predicted molar refractivity (Wildman–Crippen MR) is 80.4 cm³/mol. The van der Waals surface area contributed by atoms with Gasteiger partial charge in [0, 0.05) is 12.6 Å². The van der Waals surface area contributed by atoms with E-state index in [1.165, 1.54) is 4.90 Å². The lowest BCUT2D eigenvalue weighted by molar-refractivity contribution is 0.199. The maximum atomic E-state index is 11.9. The van der Waals surface area contributed by atoms with Crippen LogP contribution in [0, 0.1) is 11.3 Å². The highest BCUT2D eigenvalue weighted by atomic mass is 16.6. The van der Waals surface area contributed by atoms with Crippen LogP contribution in [0.1, 0.15) is 16.7 Å². The van der Waals surface area contributed by atoms with Crippen LogP contribution in [0.4, 0.5) is 10.5 Å². The van der Waals surface area contributed by atoms with Gasteiger partial charge in [-0.25, -0.2) is 4.79 Å². The molecule has 0 saturated heterocycles.